The summed E-state index contributed by atoms with van der Waals surface area (Å²) >= 11 is 0. The number of carboxylic acid groups (broad SMARTS) is 2. The van der Waals surface area contributed by atoms with Crippen molar-refractivity contribution in [1.82, 2.24) is 0 Å². The van der Waals surface area contributed by atoms with E-state index in [1.807, 2.05) is 0 Å². The molecule has 0 amide bonds. The van der Waals surface area contributed by atoms with Crippen LogP contribution in [0.25, 0.3) is 6.08 Å². The van der Waals surface area contributed by atoms with E-state index >= 15 is 0 Å². The third-order valence-electron chi connectivity index (χ3n) is 1.83. The molecule has 1 aromatic carbocycles. The van der Waals surface area contributed by atoms with Crippen LogP contribution in [0.4, 0.5) is 0 Å². The Balaban J connectivity index is 3.02. The molecule has 84 valence electrons. The number of carboxylic acids is 2. The van der Waals surface area contributed by atoms with Gasteiger partial charge in [0.05, 0.1) is 6.42 Å². The summed E-state index contributed by atoms with van der Waals surface area (Å²) in [7, 11) is 0. The second-order valence-electron chi connectivity index (χ2n) is 3.14. The van der Waals surface area contributed by atoms with E-state index < -0.39 is 18.4 Å². The van der Waals surface area contributed by atoms with Crippen LogP contribution in [0.5, 0.6) is 5.75 Å². The van der Waals surface area contributed by atoms with Gasteiger partial charge in [-0.2, -0.15) is 0 Å². The predicted molar refractivity (Wildman–Crippen MR) is 56.0 cm³/mol. The summed E-state index contributed by atoms with van der Waals surface area (Å²) in [4.78, 5) is 21.1. The molecule has 0 spiro atoms. The van der Waals surface area contributed by atoms with E-state index in [0.29, 0.717) is 5.56 Å². The highest BCUT2D eigenvalue weighted by Crippen LogP contribution is 2.15. The zero-order chi connectivity index (χ0) is 12.1. The van der Waals surface area contributed by atoms with Gasteiger partial charge in [-0.15, -0.1) is 0 Å². The summed E-state index contributed by atoms with van der Waals surface area (Å²) in [5.41, 5.74) is 0.205. The predicted octanol–water partition coefficient (Wildman–Crippen LogP) is 1.33. The zero-order valence-electron chi connectivity index (χ0n) is 8.25. The Morgan fingerprint density at radius 2 is 1.94 bits per heavy atom. The summed E-state index contributed by atoms with van der Waals surface area (Å²) in [6, 6.07) is 5.91. The number of benzene rings is 1. The van der Waals surface area contributed by atoms with Crippen molar-refractivity contribution in [3.63, 3.8) is 0 Å². The Hall–Kier alpha value is -2.30. The second-order valence-corrected chi connectivity index (χ2v) is 3.14. The molecule has 0 bridgehead atoms. The molecule has 0 aliphatic heterocycles. The normalized spacial score (nSPS) is 11.1. The highest BCUT2D eigenvalue weighted by Gasteiger charge is 2.11. The maximum atomic E-state index is 10.7. The van der Waals surface area contributed by atoms with E-state index in [2.05, 4.69) is 0 Å². The van der Waals surface area contributed by atoms with E-state index in [-0.39, 0.29) is 11.3 Å². The molecule has 0 aliphatic carbocycles. The first-order valence-electron chi connectivity index (χ1n) is 4.43. The number of rotatable bonds is 4. The van der Waals surface area contributed by atoms with Crippen molar-refractivity contribution in [3.8, 4) is 5.75 Å². The van der Waals surface area contributed by atoms with Crippen LogP contribution >= 0.6 is 0 Å². The standard InChI is InChI=1S/C11H10O5/c12-9-3-1-2-7(5-9)4-8(11(15)16)6-10(13)14/h1-5,12H,6H2,(H,13,14)(H,15,16)/b8-4+. The lowest BCUT2D eigenvalue weighted by atomic mass is 10.1. The smallest absolute Gasteiger partial charge is 0.332 e. The molecule has 0 saturated carbocycles. The fourth-order valence-corrected chi connectivity index (χ4v) is 1.17. The van der Waals surface area contributed by atoms with Crippen LogP contribution in [0.2, 0.25) is 0 Å². The van der Waals surface area contributed by atoms with E-state index in [1.54, 1.807) is 12.1 Å². The molecule has 1 rings (SSSR count). The van der Waals surface area contributed by atoms with Gasteiger partial charge in [0, 0.05) is 5.57 Å². The molecule has 0 saturated heterocycles. The lowest BCUT2D eigenvalue weighted by molar-refractivity contribution is -0.139. The molecule has 0 radical (unpaired) electrons. The molecule has 0 atom stereocenters. The highest BCUT2D eigenvalue weighted by atomic mass is 16.4. The molecular weight excluding hydrogens is 212 g/mol. The quantitative estimate of drug-likeness (QED) is 0.668. The minimum absolute atomic E-state index is 0.00573. The van der Waals surface area contributed by atoms with Gasteiger partial charge in [0.15, 0.2) is 0 Å². The van der Waals surface area contributed by atoms with Gasteiger partial charge in [0.25, 0.3) is 0 Å². The number of hydrogen-bond acceptors (Lipinski definition) is 3. The highest BCUT2D eigenvalue weighted by molar-refractivity contribution is 5.96. The minimum Gasteiger partial charge on any atom is -0.508 e. The van der Waals surface area contributed by atoms with Crippen LogP contribution < -0.4 is 0 Å². The van der Waals surface area contributed by atoms with Crippen LogP contribution in [0.15, 0.2) is 29.8 Å². The first kappa shape index (κ1) is 11.8. The molecular formula is C11H10O5. The first-order valence-corrected chi connectivity index (χ1v) is 4.43. The van der Waals surface area contributed by atoms with Gasteiger partial charge in [0.2, 0.25) is 0 Å². The summed E-state index contributed by atoms with van der Waals surface area (Å²) in [5, 5.41) is 26.4. The van der Waals surface area contributed by atoms with Gasteiger partial charge < -0.3 is 15.3 Å². The number of phenols is 1. The van der Waals surface area contributed by atoms with Crippen molar-refractivity contribution in [1.29, 1.82) is 0 Å². The van der Waals surface area contributed by atoms with Crippen molar-refractivity contribution in [2.24, 2.45) is 0 Å². The summed E-state index contributed by atoms with van der Waals surface area (Å²) in [6.45, 7) is 0. The topological polar surface area (TPSA) is 94.8 Å². The Morgan fingerprint density at radius 1 is 1.25 bits per heavy atom. The fraction of sp³-hybridized carbons (Fsp3) is 0.0909. The number of hydrogen-bond donors (Lipinski definition) is 3. The lowest BCUT2D eigenvalue weighted by Crippen LogP contribution is -2.06. The molecule has 0 aromatic heterocycles. The average molecular weight is 222 g/mol. The molecule has 5 heteroatoms. The van der Waals surface area contributed by atoms with Crippen LogP contribution in [-0.4, -0.2) is 27.3 Å². The third-order valence-corrected chi connectivity index (χ3v) is 1.83. The molecule has 5 nitrogen and oxygen atoms in total. The summed E-state index contributed by atoms with van der Waals surface area (Å²) < 4.78 is 0. The Morgan fingerprint density at radius 3 is 2.44 bits per heavy atom. The number of carbonyl (C=O) groups is 2. The SMILES string of the molecule is O=C(O)C/C(=C\c1cccc(O)c1)C(=O)O. The summed E-state index contributed by atoms with van der Waals surface area (Å²) in [5.74, 6) is -2.51. The summed E-state index contributed by atoms with van der Waals surface area (Å²) in [6.07, 6.45) is 0.654. The van der Waals surface area contributed by atoms with Crippen LogP contribution in [0.3, 0.4) is 0 Å². The van der Waals surface area contributed by atoms with Gasteiger partial charge in [-0.05, 0) is 23.8 Å². The van der Waals surface area contributed by atoms with Crippen molar-refractivity contribution < 1.29 is 24.9 Å². The first-order chi connectivity index (χ1) is 7.49. The van der Waals surface area contributed by atoms with Crippen LogP contribution in [-0.2, 0) is 9.59 Å². The largest absolute Gasteiger partial charge is 0.508 e. The second kappa shape index (κ2) is 4.97. The number of phenolic OH excluding ortho intramolecular Hbond substituents is 1. The van der Waals surface area contributed by atoms with Gasteiger partial charge in [-0.1, -0.05) is 12.1 Å². The number of aliphatic carboxylic acids is 2. The van der Waals surface area contributed by atoms with E-state index in [4.69, 9.17) is 15.3 Å². The molecule has 0 fully saturated rings. The maximum Gasteiger partial charge on any atom is 0.332 e. The Kier molecular flexibility index (Phi) is 3.66. The van der Waals surface area contributed by atoms with E-state index in [9.17, 15) is 9.59 Å². The van der Waals surface area contributed by atoms with Crippen LogP contribution in [0.1, 0.15) is 12.0 Å². The maximum absolute atomic E-state index is 10.7. The Labute approximate surface area is 91.3 Å². The zero-order valence-corrected chi connectivity index (χ0v) is 8.25. The molecule has 0 aliphatic rings. The molecule has 16 heavy (non-hydrogen) atoms. The van der Waals surface area contributed by atoms with Crippen molar-refractivity contribution in [3.05, 3.63) is 35.4 Å². The molecule has 0 heterocycles. The van der Waals surface area contributed by atoms with E-state index in [0.717, 1.165) is 0 Å². The van der Waals surface area contributed by atoms with Crippen molar-refractivity contribution >= 4 is 18.0 Å². The van der Waals surface area contributed by atoms with Gasteiger partial charge >= 0.3 is 11.9 Å². The van der Waals surface area contributed by atoms with Gasteiger partial charge in [0.1, 0.15) is 5.75 Å². The number of aromatic hydroxyl groups is 1. The monoisotopic (exact) mass is 222 g/mol. The molecule has 0 unspecified atom stereocenters. The van der Waals surface area contributed by atoms with E-state index in [1.165, 1.54) is 18.2 Å². The molecule has 1 aromatic rings. The molecule has 3 N–H and O–H groups in total. The van der Waals surface area contributed by atoms with Gasteiger partial charge in [-0.25, -0.2) is 4.79 Å². The van der Waals surface area contributed by atoms with Gasteiger partial charge in [-0.3, -0.25) is 4.79 Å². The Bertz CT molecular complexity index is 447. The van der Waals surface area contributed by atoms with Crippen molar-refractivity contribution in [2.75, 3.05) is 0 Å². The third kappa shape index (κ3) is 3.45. The average Bonchev–Trinajstić information content (AvgIpc) is 2.15. The lowest BCUT2D eigenvalue weighted by Gasteiger charge is -1.99. The minimum atomic E-state index is -1.29. The fourth-order valence-electron chi connectivity index (χ4n) is 1.17. The van der Waals surface area contributed by atoms with Crippen LogP contribution in [0, 0.1) is 0 Å². The van der Waals surface area contributed by atoms with Crippen molar-refractivity contribution in [2.45, 2.75) is 6.42 Å².